The van der Waals surface area contributed by atoms with Gasteiger partial charge in [-0.25, -0.2) is 17.9 Å². The van der Waals surface area contributed by atoms with Crippen LogP contribution in [0.3, 0.4) is 0 Å². The molecule has 1 aromatic rings. The highest BCUT2D eigenvalue weighted by molar-refractivity contribution is 7.88. The second kappa shape index (κ2) is 11.4. The SMILES string of the molecule is C=C/C=C(\C=C/CN1C(=O)O[C@@H](CNS(C)(=O)=O)[C@@H]1C1=CC=CCC1)Oc1ccc(Cl)cc1. The maximum absolute atomic E-state index is 12.7. The Morgan fingerprint density at radius 2 is 2.12 bits per heavy atom. The summed E-state index contributed by atoms with van der Waals surface area (Å²) in [5.41, 5.74) is 1.02. The van der Waals surface area contributed by atoms with E-state index in [0.29, 0.717) is 16.5 Å². The number of allylic oxidation sites excluding steroid dienone is 6. The molecule has 1 aliphatic carbocycles. The molecule has 1 aliphatic heterocycles. The summed E-state index contributed by atoms with van der Waals surface area (Å²) >= 11 is 5.92. The van der Waals surface area contributed by atoms with Crippen molar-refractivity contribution in [3.8, 4) is 5.75 Å². The molecule has 3 rings (SSSR count). The Kier molecular flexibility index (Phi) is 8.55. The van der Waals surface area contributed by atoms with Crippen LogP contribution in [0.1, 0.15) is 12.8 Å². The molecule has 1 N–H and O–H groups in total. The summed E-state index contributed by atoms with van der Waals surface area (Å²) in [5.74, 6) is 1.15. The molecule has 9 heteroatoms. The van der Waals surface area contributed by atoms with E-state index in [0.717, 1.165) is 24.7 Å². The fourth-order valence-electron chi connectivity index (χ4n) is 3.62. The minimum Gasteiger partial charge on any atom is -0.457 e. The van der Waals surface area contributed by atoms with Crippen LogP contribution in [0.4, 0.5) is 4.79 Å². The molecule has 176 valence electrons. The Morgan fingerprint density at radius 3 is 2.76 bits per heavy atom. The van der Waals surface area contributed by atoms with Crippen molar-refractivity contribution in [2.75, 3.05) is 19.3 Å². The largest absolute Gasteiger partial charge is 0.457 e. The van der Waals surface area contributed by atoms with Crippen molar-refractivity contribution in [2.24, 2.45) is 0 Å². The number of benzene rings is 1. The highest BCUT2D eigenvalue weighted by Gasteiger charge is 2.43. The lowest BCUT2D eigenvalue weighted by Gasteiger charge is -2.27. The smallest absolute Gasteiger partial charge is 0.411 e. The van der Waals surface area contributed by atoms with Gasteiger partial charge in [0.15, 0.2) is 0 Å². The van der Waals surface area contributed by atoms with Gasteiger partial charge in [-0.1, -0.05) is 48.6 Å². The second-order valence-corrected chi connectivity index (χ2v) is 9.88. The highest BCUT2D eigenvalue weighted by Crippen LogP contribution is 2.30. The molecule has 1 aromatic carbocycles. The predicted octanol–water partition coefficient (Wildman–Crippen LogP) is 4.36. The van der Waals surface area contributed by atoms with E-state index >= 15 is 0 Å². The first-order valence-electron chi connectivity index (χ1n) is 10.5. The van der Waals surface area contributed by atoms with Gasteiger partial charge < -0.3 is 9.47 Å². The Hall–Kier alpha value is -2.81. The number of nitrogens with one attached hydrogen (secondary N) is 1. The van der Waals surface area contributed by atoms with E-state index in [-0.39, 0.29) is 19.1 Å². The minimum absolute atomic E-state index is 0.0117. The van der Waals surface area contributed by atoms with E-state index in [9.17, 15) is 13.2 Å². The molecule has 1 fully saturated rings. The first-order valence-corrected chi connectivity index (χ1v) is 12.7. The number of sulfonamides is 1. The van der Waals surface area contributed by atoms with Gasteiger partial charge in [0, 0.05) is 11.6 Å². The van der Waals surface area contributed by atoms with E-state index < -0.39 is 22.2 Å². The lowest BCUT2D eigenvalue weighted by Crippen LogP contribution is -2.43. The van der Waals surface area contributed by atoms with Gasteiger partial charge in [0.2, 0.25) is 10.0 Å². The van der Waals surface area contributed by atoms with Crippen LogP contribution < -0.4 is 9.46 Å². The fraction of sp³-hybridized carbons (Fsp3) is 0.292. The van der Waals surface area contributed by atoms with Crippen molar-refractivity contribution in [2.45, 2.75) is 25.0 Å². The van der Waals surface area contributed by atoms with Gasteiger partial charge in [0.25, 0.3) is 0 Å². The summed E-state index contributed by atoms with van der Waals surface area (Å²) < 4.78 is 37.0. The summed E-state index contributed by atoms with van der Waals surface area (Å²) in [4.78, 5) is 14.3. The first-order chi connectivity index (χ1) is 15.8. The van der Waals surface area contributed by atoms with Crippen LogP contribution in [-0.4, -0.2) is 50.9 Å². The number of rotatable bonds is 10. The Morgan fingerprint density at radius 1 is 1.36 bits per heavy atom. The molecular formula is C24H27ClN2O5S. The Labute approximate surface area is 199 Å². The maximum atomic E-state index is 12.7. The third kappa shape index (κ3) is 7.35. The minimum atomic E-state index is -3.42. The van der Waals surface area contributed by atoms with Crippen LogP contribution in [0.25, 0.3) is 0 Å². The third-order valence-corrected chi connectivity index (χ3v) is 6.01. The van der Waals surface area contributed by atoms with Gasteiger partial charge in [-0.3, -0.25) is 4.90 Å². The van der Waals surface area contributed by atoms with Crippen LogP contribution >= 0.6 is 11.6 Å². The summed E-state index contributed by atoms with van der Waals surface area (Å²) in [6.07, 6.45) is 14.4. The molecule has 0 spiro atoms. The van der Waals surface area contributed by atoms with Crippen molar-refractivity contribution in [1.82, 2.24) is 9.62 Å². The number of cyclic esters (lactones) is 1. The second-order valence-electron chi connectivity index (χ2n) is 7.61. The molecule has 0 bridgehead atoms. The number of carbonyl (C=O) groups is 1. The van der Waals surface area contributed by atoms with E-state index in [4.69, 9.17) is 21.1 Å². The lowest BCUT2D eigenvalue weighted by atomic mass is 9.93. The van der Waals surface area contributed by atoms with Crippen molar-refractivity contribution < 1.29 is 22.7 Å². The summed E-state index contributed by atoms with van der Waals surface area (Å²) in [6, 6.07) is 6.60. The number of ether oxygens (including phenoxy) is 2. The third-order valence-electron chi connectivity index (χ3n) is 5.06. The fourth-order valence-corrected chi connectivity index (χ4v) is 4.21. The molecule has 1 heterocycles. The zero-order valence-corrected chi connectivity index (χ0v) is 19.9. The molecule has 2 atom stereocenters. The molecule has 0 unspecified atom stereocenters. The molecule has 0 aromatic heterocycles. The first kappa shape index (κ1) is 24.8. The van der Waals surface area contributed by atoms with Gasteiger partial charge in [-0.2, -0.15) is 0 Å². The number of amides is 1. The van der Waals surface area contributed by atoms with Gasteiger partial charge in [0.05, 0.1) is 18.8 Å². The number of hydrogen-bond acceptors (Lipinski definition) is 5. The predicted molar refractivity (Wildman–Crippen MR) is 130 cm³/mol. The average molecular weight is 491 g/mol. The van der Waals surface area contributed by atoms with Crippen molar-refractivity contribution in [1.29, 1.82) is 0 Å². The van der Waals surface area contributed by atoms with E-state index in [2.05, 4.69) is 17.4 Å². The van der Waals surface area contributed by atoms with E-state index in [1.807, 2.05) is 12.2 Å². The quantitative estimate of drug-likeness (QED) is 0.389. The number of carbonyl (C=O) groups excluding carboxylic acids is 1. The molecule has 33 heavy (non-hydrogen) atoms. The molecular weight excluding hydrogens is 464 g/mol. The zero-order valence-electron chi connectivity index (χ0n) is 18.3. The Balaban J connectivity index is 1.75. The average Bonchev–Trinajstić information content (AvgIpc) is 3.09. The Bertz CT molecular complexity index is 1090. The van der Waals surface area contributed by atoms with E-state index in [1.165, 1.54) is 0 Å². The maximum Gasteiger partial charge on any atom is 0.411 e. The molecule has 2 aliphatic rings. The van der Waals surface area contributed by atoms with Crippen LogP contribution in [0.5, 0.6) is 5.75 Å². The summed E-state index contributed by atoms with van der Waals surface area (Å²) in [5, 5.41) is 0.609. The van der Waals surface area contributed by atoms with Crippen molar-refractivity contribution in [3.05, 3.63) is 89.7 Å². The molecule has 1 amide bonds. The van der Waals surface area contributed by atoms with Crippen molar-refractivity contribution >= 4 is 27.7 Å². The van der Waals surface area contributed by atoms with E-state index in [1.54, 1.807) is 53.5 Å². The molecule has 0 radical (unpaired) electrons. The van der Waals surface area contributed by atoms with Gasteiger partial charge >= 0.3 is 6.09 Å². The standard InChI is InChI=1S/C24H27ClN2O5S/c1-3-8-20(31-21-14-12-19(25)13-15-21)11-7-16-27-23(18-9-5-4-6-10-18)22(32-24(27)28)17-26-33(2,29)30/h3-5,7-9,11-15,22-23,26H,1,6,10,16-17H2,2H3/b11-7-,20-8+/t22-,23-/m0/s1. The molecule has 1 saturated heterocycles. The van der Waals surface area contributed by atoms with Gasteiger partial charge in [-0.15, -0.1) is 0 Å². The van der Waals surface area contributed by atoms with Crippen molar-refractivity contribution in [3.63, 3.8) is 0 Å². The van der Waals surface area contributed by atoms with Crippen LogP contribution in [0.15, 0.2) is 84.7 Å². The van der Waals surface area contributed by atoms with Crippen LogP contribution in [-0.2, 0) is 14.8 Å². The monoisotopic (exact) mass is 490 g/mol. The van der Waals surface area contributed by atoms with Gasteiger partial charge in [0.1, 0.15) is 17.6 Å². The highest BCUT2D eigenvalue weighted by atomic mass is 35.5. The van der Waals surface area contributed by atoms with Crippen LogP contribution in [0, 0.1) is 0 Å². The van der Waals surface area contributed by atoms with Crippen LogP contribution in [0.2, 0.25) is 5.02 Å². The summed E-state index contributed by atoms with van der Waals surface area (Å²) in [7, 11) is -3.42. The topological polar surface area (TPSA) is 84.9 Å². The number of nitrogens with zero attached hydrogens (tertiary/aromatic N) is 1. The molecule has 7 nitrogen and oxygen atoms in total. The number of hydrogen-bond donors (Lipinski definition) is 1. The van der Waals surface area contributed by atoms with Gasteiger partial charge in [-0.05, 0) is 54.8 Å². The summed E-state index contributed by atoms with van der Waals surface area (Å²) in [6.45, 7) is 3.99. The normalized spacial score (nSPS) is 21.3. The molecule has 0 saturated carbocycles. The zero-order chi connectivity index (χ0) is 23.8. The lowest BCUT2D eigenvalue weighted by molar-refractivity contribution is 0.132. The number of halogens is 1.